The summed E-state index contributed by atoms with van der Waals surface area (Å²) in [5.74, 6) is -2.05. The molecule has 5 nitrogen and oxygen atoms in total. The first kappa shape index (κ1) is 18.3. The van der Waals surface area contributed by atoms with Crippen LogP contribution in [0.25, 0.3) is 0 Å². The summed E-state index contributed by atoms with van der Waals surface area (Å²) in [4.78, 5) is 26.5. The highest BCUT2D eigenvalue weighted by molar-refractivity contribution is 6.31. The number of anilines is 1. The number of esters is 1. The van der Waals surface area contributed by atoms with Gasteiger partial charge in [-0.25, -0.2) is 4.79 Å². The fraction of sp³-hybridized carbons (Fsp3) is 0.158. The number of nitrogens with zero attached hydrogens (tertiary/aromatic N) is 1. The lowest BCUT2D eigenvalue weighted by Crippen LogP contribution is -2.31. The highest BCUT2D eigenvalue weighted by Gasteiger charge is 2.45. The van der Waals surface area contributed by atoms with E-state index in [9.17, 15) is 14.7 Å². The molecule has 1 heterocycles. The zero-order valence-corrected chi connectivity index (χ0v) is 15.3. The topological polar surface area (TPSA) is 66.8 Å². The van der Waals surface area contributed by atoms with Gasteiger partial charge in [0.05, 0.1) is 12.6 Å². The lowest BCUT2D eigenvalue weighted by Gasteiger charge is -2.26. The maximum atomic E-state index is 12.7. The number of aliphatic hydroxyl groups is 1. The maximum absolute atomic E-state index is 12.7. The minimum Gasteiger partial charge on any atom is -0.503 e. The lowest BCUT2D eigenvalue weighted by molar-refractivity contribution is -0.139. The molecule has 1 N–H and O–H groups in total. The summed E-state index contributed by atoms with van der Waals surface area (Å²) in [6.45, 7) is 1.78. The molecule has 2 aromatic rings. The maximum Gasteiger partial charge on any atom is 0.340 e. The number of hydrogen-bond donors (Lipinski definition) is 1. The molecule has 1 atom stereocenters. The molecule has 0 radical (unpaired) electrons. The summed E-state index contributed by atoms with van der Waals surface area (Å²) in [5.41, 5.74) is 1.00. The average molecular weight is 392 g/mol. The van der Waals surface area contributed by atoms with E-state index in [1.807, 2.05) is 0 Å². The second-order valence-electron chi connectivity index (χ2n) is 5.59. The number of hydrogen-bond acceptors (Lipinski definition) is 4. The molecule has 1 aliphatic rings. The highest BCUT2D eigenvalue weighted by Crippen LogP contribution is 2.41. The van der Waals surface area contributed by atoms with Crippen molar-refractivity contribution >= 4 is 40.8 Å². The van der Waals surface area contributed by atoms with Crippen molar-refractivity contribution in [1.29, 1.82) is 0 Å². The van der Waals surface area contributed by atoms with E-state index in [0.29, 0.717) is 21.3 Å². The number of rotatable bonds is 4. The normalized spacial score (nSPS) is 17.0. The molecule has 7 heteroatoms. The summed E-state index contributed by atoms with van der Waals surface area (Å²) in [5, 5.41) is 11.4. The predicted molar refractivity (Wildman–Crippen MR) is 99.4 cm³/mol. The number of aliphatic hydroxyl groups excluding tert-OH is 1. The van der Waals surface area contributed by atoms with Gasteiger partial charge in [0.1, 0.15) is 5.57 Å². The van der Waals surface area contributed by atoms with E-state index in [1.165, 1.54) is 4.90 Å². The van der Waals surface area contributed by atoms with Crippen LogP contribution in [0.15, 0.2) is 59.9 Å². The van der Waals surface area contributed by atoms with Crippen LogP contribution in [0.1, 0.15) is 18.5 Å². The minimum absolute atomic E-state index is 0.103. The van der Waals surface area contributed by atoms with E-state index >= 15 is 0 Å². The summed E-state index contributed by atoms with van der Waals surface area (Å²) in [7, 11) is 0. The summed E-state index contributed by atoms with van der Waals surface area (Å²) < 4.78 is 5.04. The van der Waals surface area contributed by atoms with Crippen LogP contribution in [-0.2, 0) is 14.3 Å². The van der Waals surface area contributed by atoms with Crippen LogP contribution in [-0.4, -0.2) is 23.6 Å². The molecular weight excluding hydrogens is 377 g/mol. The molecule has 0 saturated carbocycles. The quantitative estimate of drug-likeness (QED) is 0.781. The third-order valence-electron chi connectivity index (χ3n) is 3.99. The van der Waals surface area contributed by atoms with Crippen LogP contribution in [0.5, 0.6) is 0 Å². The average Bonchev–Trinajstić information content (AvgIpc) is 2.88. The van der Waals surface area contributed by atoms with Crippen molar-refractivity contribution in [1.82, 2.24) is 0 Å². The molecular formula is C19H15Cl2NO4. The van der Waals surface area contributed by atoms with Gasteiger partial charge in [-0.05, 0) is 48.9 Å². The van der Waals surface area contributed by atoms with Crippen LogP contribution < -0.4 is 4.90 Å². The second-order valence-corrected chi connectivity index (χ2v) is 6.46. The largest absolute Gasteiger partial charge is 0.503 e. The van der Waals surface area contributed by atoms with Crippen LogP contribution in [0.3, 0.4) is 0 Å². The minimum atomic E-state index is -0.833. The molecule has 1 unspecified atom stereocenters. The Morgan fingerprint density at radius 1 is 1.08 bits per heavy atom. The van der Waals surface area contributed by atoms with Gasteiger partial charge in [-0.1, -0.05) is 35.3 Å². The molecule has 3 rings (SSSR count). The van der Waals surface area contributed by atoms with Crippen molar-refractivity contribution in [3.05, 3.63) is 75.5 Å². The number of carbonyl (C=O) groups excluding carboxylic acids is 2. The Kier molecular flexibility index (Phi) is 5.20. The van der Waals surface area contributed by atoms with E-state index in [2.05, 4.69) is 0 Å². The number of carbonyl (C=O) groups is 2. The van der Waals surface area contributed by atoms with Crippen molar-refractivity contribution in [2.24, 2.45) is 0 Å². The van der Waals surface area contributed by atoms with E-state index in [0.717, 1.165) is 0 Å². The highest BCUT2D eigenvalue weighted by atomic mass is 35.5. The van der Waals surface area contributed by atoms with Gasteiger partial charge in [0.2, 0.25) is 0 Å². The van der Waals surface area contributed by atoms with Crippen LogP contribution >= 0.6 is 23.2 Å². The first-order valence-electron chi connectivity index (χ1n) is 7.89. The number of benzene rings is 2. The zero-order valence-electron chi connectivity index (χ0n) is 13.8. The summed E-state index contributed by atoms with van der Waals surface area (Å²) >= 11 is 11.9. The third-order valence-corrected chi connectivity index (χ3v) is 4.50. The van der Waals surface area contributed by atoms with Crippen molar-refractivity contribution < 1.29 is 19.4 Å². The van der Waals surface area contributed by atoms with Crippen LogP contribution in [0.4, 0.5) is 5.69 Å². The SMILES string of the molecule is CCOC(=O)C1=C(O)C(=O)N(c2ccc(Cl)cc2)C1c1ccc(Cl)cc1. The first-order valence-corrected chi connectivity index (χ1v) is 8.64. The molecule has 0 aromatic heterocycles. The van der Waals surface area contributed by atoms with Gasteiger partial charge in [0.15, 0.2) is 5.76 Å². The smallest absolute Gasteiger partial charge is 0.340 e. The summed E-state index contributed by atoms with van der Waals surface area (Å²) in [6, 6.07) is 12.4. The van der Waals surface area contributed by atoms with E-state index < -0.39 is 23.7 Å². The van der Waals surface area contributed by atoms with Gasteiger partial charge in [-0.3, -0.25) is 9.69 Å². The Bertz CT molecular complexity index is 875. The van der Waals surface area contributed by atoms with Gasteiger partial charge < -0.3 is 9.84 Å². The van der Waals surface area contributed by atoms with Crippen LogP contribution in [0, 0.1) is 0 Å². The van der Waals surface area contributed by atoms with Gasteiger partial charge in [-0.2, -0.15) is 0 Å². The first-order chi connectivity index (χ1) is 12.4. The van der Waals surface area contributed by atoms with Gasteiger partial charge >= 0.3 is 5.97 Å². The molecule has 0 spiro atoms. The molecule has 1 aliphatic heterocycles. The molecule has 1 amide bonds. The monoisotopic (exact) mass is 391 g/mol. The molecule has 2 aromatic carbocycles. The Balaban J connectivity index is 2.14. The van der Waals surface area contributed by atoms with Gasteiger partial charge in [0.25, 0.3) is 5.91 Å². The van der Waals surface area contributed by atoms with E-state index in [1.54, 1.807) is 55.5 Å². The van der Waals surface area contributed by atoms with Crippen molar-refractivity contribution in [2.75, 3.05) is 11.5 Å². The Morgan fingerprint density at radius 3 is 2.15 bits per heavy atom. The molecule has 26 heavy (non-hydrogen) atoms. The Labute approximate surface area is 160 Å². The Hall–Kier alpha value is -2.50. The molecule has 0 bridgehead atoms. The summed E-state index contributed by atoms with van der Waals surface area (Å²) in [6.07, 6.45) is 0. The molecule has 0 fully saturated rings. The predicted octanol–water partition coefficient (Wildman–Crippen LogP) is 4.46. The fourth-order valence-electron chi connectivity index (χ4n) is 2.85. The van der Waals surface area contributed by atoms with E-state index in [-0.39, 0.29) is 12.2 Å². The van der Waals surface area contributed by atoms with Crippen molar-refractivity contribution in [3.63, 3.8) is 0 Å². The van der Waals surface area contributed by atoms with Gasteiger partial charge in [-0.15, -0.1) is 0 Å². The number of ether oxygens (including phenoxy) is 1. The number of amides is 1. The van der Waals surface area contributed by atoms with Gasteiger partial charge in [0, 0.05) is 15.7 Å². The van der Waals surface area contributed by atoms with E-state index in [4.69, 9.17) is 27.9 Å². The standard InChI is InChI=1S/C19H15Cl2NO4/c1-2-26-19(25)15-16(11-3-5-12(20)6-4-11)22(18(24)17(15)23)14-9-7-13(21)8-10-14/h3-10,16,23H,2H2,1H3. The lowest BCUT2D eigenvalue weighted by atomic mass is 9.99. The second kappa shape index (κ2) is 7.40. The Morgan fingerprint density at radius 2 is 1.62 bits per heavy atom. The van der Waals surface area contributed by atoms with Crippen LogP contribution in [0.2, 0.25) is 10.0 Å². The molecule has 0 aliphatic carbocycles. The zero-order chi connectivity index (χ0) is 18.8. The third kappa shape index (κ3) is 3.28. The number of halogens is 2. The fourth-order valence-corrected chi connectivity index (χ4v) is 3.10. The molecule has 134 valence electrons. The molecule has 0 saturated heterocycles. The van der Waals surface area contributed by atoms with Crippen molar-refractivity contribution in [3.8, 4) is 0 Å². The van der Waals surface area contributed by atoms with Crippen molar-refractivity contribution in [2.45, 2.75) is 13.0 Å².